The second kappa shape index (κ2) is 7.93. The number of hydrogen-bond acceptors (Lipinski definition) is 3. The Hall–Kier alpha value is -3.41. The van der Waals surface area contributed by atoms with Crippen LogP contribution in [0.2, 0.25) is 0 Å². The van der Waals surface area contributed by atoms with Crippen molar-refractivity contribution in [3.8, 4) is 5.69 Å². The maximum Gasteiger partial charge on any atom is 0.251 e. The van der Waals surface area contributed by atoms with Crippen molar-refractivity contribution in [3.63, 3.8) is 0 Å². The van der Waals surface area contributed by atoms with Gasteiger partial charge in [0.15, 0.2) is 0 Å². The van der Waals surface area contributed by atoms with Crippen molar-refractivity contribution in [2.24, 2.45) is 5.41 Å². The largest absolute Gasteiger partial charge is 0.345 e. The van der Waals surface area contributed by atoms with Gasteiger partial charge in [-0.3, -0.25) is 9.59 Å². The molecule has 1 aromatic heterocycles. The molecule has 1 fully saturated rings. The molecule has 2 amide bonds. The van der Waals surface area contributed by atoms with Gasteiger partial charge in [0.05, 0.1) is 23.6 Å². The van der Waals surface area contributed by atoms with Gasteiger partial charge in [0.2, 0.25) is 5.91 Å². The van der Waals surface area contributed by atoms with E-state index < -0.39 is 0 Å². The van der Waals surface area contributed by atoms with Crippen LogP contribution >= 0.6 is 0 Å². The summed E-state index contributed by atoms with van der Waals surface area (Å²) in [4.78, 5) is 27.1. The average molecular weight is 429 g/mol. The van der Waals surface area contributed by atoms with Crippen molar-refractivity contribution >= 4 is 17.5 Å². The first-order valence-corrected chi connectivity index (χ1v) is 11.2. The number of fused-ring (bicyclic) bond motifs is 1. The summed E-state index contributed by atoms with van der Waals surface area (Å²) in [5, 5.41) is 7.90. The molecule has 1 aliphatic heterocycles. The lowest BCUT2D eigenvalue weighted by molar-refractivity contribution is -0.117. The van der Waals surface area contributed by atoms with Gasteiger partial charge in [-0.25, -0.2) is 4.68 Å². The van der Waals surface area contributed by atoms with Gasteiger partial charge in [-0.1, -0.05) is 38.1 Å². The summed E-state index contributed by atoms with van der Waals surface area (Å²) < 4.78 is 2.00. The van der Waals surface area contributed by atoms with Crippen molar-refractivity contribution in [2.75, 3.05) is 11.4 Å². The van der Waals surface area contributed by atoms with Crippen LogP contribution in [0, 0.1) is 5.41 Å². The zero-order valence-corrected chi connectivity index (χ0v) is 18.5. The lowest BCUT2D eigenvalue weighted by Crippen LogP contribution is -2.37. The molecule has 5 rings (SSSR count). The van der Waals surface area contributed by atoms with Gasteiger partial charge >= 0.3 is 0 Å². The van der Waals surface area contributed by atoms with Gasteiger partial charge in [0.1, 0.15) is 0 Å². The Kier molecular flexibility index (Phi) is 5.08. The number of rotatable bonds is 4. The molecule has 3 aromatic rings. The highest BCUT2D eigenvalue weighted by Crippen LogP contribution is 2.41. The number of nitrogens with zero attached hydrogens (tertiary/aromatic N) is 3. The Morgan fingerprint density at radius 2 is 1.88 bits per heavy atom. The van der Waals surface area contributed by atoms with Crippen molar-refractivity contribution in [1.29, 1.82) is 0 Å². The number of benzene rings is 2. The first-order valence-electron chi connectivity index (χ1n) is 11.2. The molecule has 0 saturated carbocycles. The van der Waals surface area contributed by atoms with Crippen LogP contribution in [0.1, 0.15) is 60.8 Å². The molecule has 2 aliphatic rings. The number of nitrogens with one attached hydrogen (secondary N) is 1. The molecule has 1 atom stereocenters. The summed E-state index contributed by atoms with van der Waals surface area (Å²) >= 11 is 0. The van der Waals surface area contributed by atoms with E-state index in [0.717, 1.165) is 41.9 Å². The first kappa shape index (κ1) is 20.5. The third-order valence-corrected chi connectivity index (χ3v) is 6.48. The van der Waals surface area contributed by atoms with Crippen molar-refractivity contribution < 1.29 is 9.59 Å². The Morgan fingerprint density at radius 3 is 2.62 bits per heavy atom. The molecule has 0 spiro atoms. The maximum absolute atomic E-state index is 13.2. The SMILES string of the molecule is CC1(C)Cc2c(cnn2-c2ccccc2)[C@@H](NC(=O)c2cccc(N3CCCC3=O)c2)C1. The zero-order chi connectivity index (χ0) is 22.3. The summed E-state index contributed by atoms with van der Waals surface area (Å²) in [6.07, 6.45) is 5.07. The standard InChI is InChI=1S/C26H28N4O2/c1-26(2)15-22(21-17-27-30(23(21)16-26)19-9-4-3-5-10-19)28-25(32)18-8-6-11-20(14-18)29-13-7-12-24(29)31/h3-6,8-11,14,17,22H,7,12-13,15-16H2,1-2H3,(H,28,32)/t22-/m0/s1. The Bertz CT molecular complexity index is 1170. The minimum Gasteiger partial charge on any atom is -0.345 e. The van der Waals surface area contributed by atoms with Crippen LogP contribution in [-0.4, -0.2) is 28.1 Å². The van der Waals surface area contributed by atoms with Crippen LogP contribution in [0.25, 0.3) is 5.69 Å². The Balaban J connectivity index is 1.42. The van der Waals surface area contributed by atoms with Crippen LogP contribution in [0.3, 0.4) is 0 Å². The number of amides is 2. The zero-order valence-electron chi connectivity index (χ0n) is 18.5. The quantitative estimate of drug-likeness (QED) is 0.668. The Labute approximate surface area is 188 Å². The summed E-state index contributed by atoms with van der Waals surface area (Å²) in [6, 6.07) is 17.4. The smallest absolute Gasteiger partial charge is 0.251 e. The van der Waals surface area contributed by atoms with Crippen LogP contribution in [-0.2, 0) is 11.2 Å². The lowest BCUT2D eigenvalue weighted by Gasteiger charge is -2.36. The highest BCUT2D eigenvalue weighted by molar-refractivity contribution is 5.99. The van der Waals surface area contributed by atoms with E-state index in [0.29, 0.717) is 18.5 Å². The molecule has 1 N–H and O–H groups in total. The molecule has 0 unspecified atom stereocenters. The second-order valence-electron chi connectivity index (χ2n) is 9.56. The molecular weight excluding hydrogens is 400 g/mol. The van der Waals surface area contributed by atoms with Gasteiger partial charge in [0.25, 0.3) is 5.91 Å². The van der Waals surface area contributed by atoms with E-state index in [1.54, 1.807) is 4.90 Å². The van der Waals surface area contributed by atoms with E-state index in [2.05, 4.69) is 24.3 Å². The third-order valence-electron chi connectivity index (χ3n) is 6.48. The second-order valence-corrected chi connectivity index (χ2v) is 9.56. The van der Waals surface area contributed by atoms with Crippen LogP contribution in [0.5, 0.6) is 0 Å². The van der Waals surface area contributed by atoms with Gasteiger partial charge in [0, 0.05) is 29.8 Å². The summed E-state index contributed by atoms with van der Waals surface area (Å²) in [5.41, 5.74) is 4.65. The highest BCUT2D eigenvalue weighted by Gasteiger charge is 2.36. The van der Waals surface area contributed by atoms with E-state index in [9.17, 15) is 9.59 Å². The van der Waals surface area contributed by atoms with Gasteiger partial charge in [-0.2, -0.15) is 5.10 Å². The third kappa shape index (κ3) is 3.81. The number of anilines is 1. The van der Waals surface area contributed by atoms with Gasteiger partial charge in [-0.05, 0) is 55.0 Å². The van der Waals surface area contributed by atoms with Gasteiger partial charge in [-0.15, -0.1) is 0 Å². The molecule has 1 saturated heterocycles. The topological polar surface area (TPSA) is 67.2 Å². The van der Waals surface area contributed by atoms with E-state index in [-0.39, 0.29) is 23.3 Å². The number of hydrogen-bond donors (Lipinski definition) is 1. The summed E-state index contributed by atoms with van der Waals surface area (Å²) in [6.45, 7) is 5.18. The predicted octanol–water partition coefficient (Wildman–Crippen LogP) is 4.44. The van der Waals surface area contributed by atoms with Crippen LogP contribution in [0.15, 0.2) is 60.8 Å². The minimum atomic E-state index is -0.125. The molecular formula is C26H28N4O2. The summed E-state index contributed by atoms with van der Waals surface area (Å²) in [7, 11) is 0. The number of para-hydroxylation sites is 1. The molecule has 1 aliphatic carbocycles. The molecule has 6 heteroatoms. The molecule has 2 aromatic carbocycles. The van der Waals surface area contributed by atoms with Crippen molar-refractivity contribution in [2.45, 2.75) is 45.6 Å². The van der Waals surface area contributed by atoms with E-state index in [1.165, 1.54) is 0 Å². The number of carbonyl (C=O) groups is 2. The Morgan fingerprint density at radius 1 is 1.09 bits per heavy atom. The molecule has 164 valence electrons. The molecule has 0 radical (unpaired) electrons. The normalized spacial score (nSPS) is 19.6. The van der Waals surface area contributed by atoms with Crippen LogP contribution in [0.4, 0.5) is 5.69 Å². The molecule has 0 bridgehead atoms. The fraction of sp³-hybridized carbons (Fsp3) is 0.346. The number of carbonyl (C=O) groups excluding carboxylic acids is 2. The monoisotopic (exact) mass is 428 g/mol. The van der Waals surface area contributed by atoms with E-state index in [4.69, 9.17) is 0 Å². The van der Waals surface area contributed by atoms with E-state index in [1.807, 2.05) is 65.5 Å². The highest BCUT2D eigenvalue weighted by atomic mass is 16.2. The first-order chi connectivity index (χ1) is 15.4. The van der Waals surface area contributed by atoms with Crippen molar-refractivity contribution in [1.82, 2.24) is 15.1 Å². The minimum absolute atomic E-state index is 0.0291. The molecule has 6 nitrogen and oxygen atoms in total. The van der Waals surface area contributed by atoms with Crippen molar-refractivity contribution in [3.05, 3.63) is 77.6 Å². The fourth-order valence-electron chi connectivity index (χ4n) is 4.94. The fourth-order valence-corrected chi connectivity index (χ4v) is 4.94. The molecule has 32 heavy (non-hydrogen) atoms. The number of aromatic nitrogens is 2. The van der Waals surface area contributed by atoms with E-state index >= 15 is 0 Å². The van der Waals surface area contributed by atoms with Gasteiger partial charge < -0.3 is 10.2 Å². The summed E-state index contributed by atoms with van der Waals surface area (Å²) in [5.74, 6) is -0.00540. The maximum atomic E-state index is 13.2. The molecule has 2 heterocycles. The predicted molar refractivity (Wildman–Crippen MR) is 124 cm³/mol. The lowest BCUT2D eigenvalue weighted by atomic mass is 9.74. The van der Waals surface area contributed by atoms with Crippen LogP contribution < -0.4 is 10.2 Å². The average Bonchev–Trinajstić information content (AvgIpc) is 3.40.